The quantitative estimate of drug-likeness (QED) is 0.749. The first-order valence-corrected chi connectivity index (χ1v) is 8.23. The van der Waals surface area contributed by atoms with Crippen LogP contribution >= 0.6 is 0 Å². The molecule has 0 aromatic carbocycles. The van der Waals surface area contributed by atoms with E-state index in [9.17, 15) is 14.7 Å². The zero-order chi connectivity index (χ0) is 15.5. The number of carbonyl (C=O) groups is 2. The first-order valence-electron chi connectivity index (χ1n) is 8.23. The van der Waals surface area contributed by atoms with Crippen molar-refractivity contribution in [2.24, 2.45) is 11.8 Å². The second kappa shape index (κ2) is 6.67. The van der Waals surface area contributed by atoms with E-state index in [2.05, 4.69) is 24.5 Å². The lowest BCUT2D eigenvalue weighted by molar-refractivity contribution is -0.146. The third-order valence-corrected chi connectivity index (χ3v) is 5.03. The van der Waals surface area contributed by atoms with Gasteiger partial charge in [-0.1, -0.05) is 39.5 Å². The van der Waals surface area contributed by atoms with E-state index in [1.54, 1.807) is 0 Å². The van der Waals surface area contributed by atoms with Crippen LogP contribution in [0.15, 0.2) is 0 Å². The topological polar surface area (TPSA) is 78.4 Å². The standard InChI is InChI=1S/C16H28N2O3/c1-11-5-3-7-13(9-11)17-15(21)18-16(14(19)20)8-4-6-12(2)10-16/h11-13H,3-10H2,1-2H3,(H,19,20)(H2,17,18,21). The third-order valence-electron chi connectivity index (χ3n) is 5.03. The van der Waals surface area contributed by atoms with Crippen molar-refractivity contribution in [1.29, 1.82) is 0 Å². The van der Waals surface area contributed by atoms with Gasteiger partial charge in [0, 0.05) is 6.04 Å². The summed E-state index contributed by atoms with van der Waals surface area (Å²) in [5, 5.41) is 15.3. The SMILES string of the molecule is CC1CCCC(NC(=O)NC2(C(=O)O)CCCC(C)C2)C1. The fourth-order valence-electron chi connectivity index (χ4n) is 3.92. The minimum atomic E-state index is -1.08. The molecule has 2 aliphatic carbocycles. The van der Waals surface area contributed by atoms with Gasteiger partial charge >= 0.3 is 12.0 Å². The van der Waals surface area contributed by atoms with Gasteiger partial charge in [-0.25, -0.2) is 9.59 Å². The van der Waals surface area contributed by atoms with Gasteiger partial charge in [-0.05, 0) is 37.5 Å². The minimum Gasteiger partial charge on any atom is -0.480 e. The summed E-state index contributed by atoms with van der Waals surface area (Å²) in [6.45, 7) is 4.26. The third kappa shape index (κ3) is 4.11. The molecule has 0 aromatic heterocycles. The molecule has 4 atom stereocenters. The van der Waals surface area contributed by atoms with Crippen molar-refractivity contribution < 1.29 is 14.7 Å². The molecule has 5 heteroatoms. The molecule has 21 heavy (non-hydrogen) atoms. The lowest BCUT2D eigenvalue weighted by Crippen LogP contribution is -2.60. The number of carboxylic acids is 1. The molecule has 0 aromatic rings. The summed E-state index contributed by atoms with van der Waals surface area (Å²) in [7, 11) is 0. The average Bonchev–Trinajstić information content (AvgIpc) is 2.38. The number of carbonyl (C=O) groups excluding carboxylic acids is 1. The molecular formula is C16H28N2O3. The number of carboxylic acid groups (broad SMARTS) is 1. The van der Waals surface area contributed by atoms with Crippen LogP contribution in [0.25, 0.3) is 0 Å². The monoisotopic (exact) mass is 296 g/mol. The molecule has 0 heterocycles. The smallest absolute Gasteiger partial charge is 0.329 e. The van der Waals surface area contributed by atoms with Crippen molar-refractivity contribution in [2.45, 2.75) is 76.8 Å². The lowest BCUT2D eigenvalue weighted by Gasteiger charge is -2.37. The Hall–Kier alpha value is -1.26. The van der Waals surface area contributed by atoms with Gasteiger partial charge in [-0.3, -0.25) is 0 Å². The molecule has 2 fully saturated rings. The van der Waals surface area contributed by atoms with Gasteiger partial charge in [0.25, 0.3) is 0 Å². The Bertz CT molecular complexity index is 399. The molecule has 0 saturated heterocycles. The fourth-order valence-corrected chi connectivity index (χ4v) is 3.92. The average molecular weight is 296 g/mol. The van der Waals surface area contributed by atoms with Gasteiger partial charge in [0.1, 0.15) is 5.54 Å². The molecule has 4 unspecified atom stereocenters. The number of urea groups is 1. The zero-order valence-electron chi connectivity index (χ0n) is 13.2. The van der Waals surface area contributed by atoms with Crippen LogP contribution in [0.4, 0.5) is 4.79 Å². The summed E-state index contributed by atoms with van der Waals surface area (Å²) in [5.74, 6) is 0.0678. The highest BCUT2D eigenvalue weighted by Crippen LogP contribution is 2.32. The molecule has 120 valence electrons. The Morgan fingerprint density at radius 1 is 1.10 bits per heavy atom. The van der Waals surface area contributed by atoms with Gasteiger partial charge < -0.3 is 15.7 Å². The number of hydrogen-bond acceptors (Lipinski definition) is 2. The predicted molar refractivity (Wildman–Crippen MR) is 81.1 cm³/mol. The van der Waals surface area contributed by atoms with Crippen LogP contribution in [-0.4, -0.2) is 28.7 Å². The first-order chi connectivity index (χ1) is 9.91. The van der Waals surface area contributed by atoms with E-state index in [1.807, 2.05) is 0 Å². The highest BCUT2D eigenvalue weighted by atomic mass is 16.4. The van der Waals surface area contributed by atoms with E-state index >= 15 is 0 Å². The molecule has 0 bridgehead atoms. The number of aliphatic carboxylic acids is 1. The summed E-state index contributed by atoms with van der Waals surface area (Å²) in [4.78, 5) is 23.9. The van der Waals surface area contributed by atoms with E-state index in [0.29, 0.717) is 24.7 Å². The van der Waals surface area contributed by atoms with Gasteiger partial charge in [0.05, 0.1) is 0 Å². The Morgan fingerprint density at radius 3 is 2.43 bits per heavy atom. The molecule has 5 nitrogen and oxygen atoms in total. The largest absolute Gasteiger partial charge is 0.480 e. The van der Waals surface area contributed by atoms with E-state index in [1.165, 1.54) is 6.42 Å². The zero-order valence-corrected chi connectivity index (χ0v) is 13.2. The number of nitrogens with one attached hydrogen (secondary N) is 2. The first kappa shape index (κ1) is 16.1. The molecule has 2 amide bonds. The van der Waals surface area contributed by atoms with E-state index in [-0.39, 0.29) is 12.1 Å². The van der Waals surface area contributed by atoms with Crippen LogP contribution in [0, 0.1) is 11.8 Å². The van der Waals surface area contributed by atoms with Gasteiger partial charge in [-0.2, -0.15) is 0 Å². The van der Waals surface area contributed by atoms with Gasteiger partial charge in [-0.15, -0.1) is 0 Å². The van der Waals surface area contributed by atoms with E-state index in [0.717, 1.165) is 32.1 Å². The second-order valence-electron chi connectivity index (χ2n) is 7.16. The number of amides is 2. The minimum absolute atomic E-state index is 0.181. The van der Waals surface area contributed by atoms with Crippen LogP contribution in [0.5, 0.6) is 0 Å². The van der Waals surface area contributed by atoms with Crippen LogP contribution in [0.2, 0.25) is 0 Å². The molecule has 2 rings (SSSR count). The normalized spacial score (nSPS) is 36.8. The Balaban J connectivity index is 1.93. The summed E-state index contributed by atoms with van der Waals surface area (Å²) >= 11 is 0. The number of rotatable bonds is 3. The summed E-state index contributed by atoms with van der Waals surface area (Å²) < 4.78 is 0. The van der Waals surface area contributed by atoms with Crippen LogP contribution < -0.4 is 10.6 Å². The maximum Gasteiger partial charge on any atom is 0.329 e. The van der Waals surface area contributed by atoms with Crippen molar-refractivity contribution in [3.8, 4) is 0 Å². The molecular weight excluding hydrogens is 268 g/mol. The van der Waals surface area contributed by atoms with Crippen LogP contribution in [0.1, 0.15) is 65.2 Å². The molecule has 0 spiro atoms. The maximum absolute atomic E-state index is 12.2. The van der Waals surface area contributed by atoms with Crippen molar-refractivity contribution >= 4 is 12.0 Å². The predicted octanol–water partition coefficient (Wildman–Crippen LogP) is 2.90. The molecule has 2 saturated carbocycles. The molecule has 3 N–H and O–H groups in total. The Labute approximate surface area is 126 Å². The maximum atomic E-state index is 12.2. The Morgan fingerprint density at radius 2 is 1.81 bits per heavy atom. The van der Waals surface area contributed by atoms with Crippen LogP contribution in [0.3, 0.4) is 0 Å². The molecule has 0 radical (unpaired) electrons. The summed E-state index contributed by atoms with van der Waals surface area (Å²) in [6, 6.07) is -0.133. The molecule has 0 aliphatic heterocycles. The summed E-state index contributed by atoms with van der Waals surface area (Å²) in [5.41, 5.74) is -1.08. The fraction of sp³-hybridized carbons (Fsp3) is 0.875. The second-order valence-corrected chi connectivity index (χ2v) is 7.16. The van der Waals surface area contributed by atoms with Crippen molar-refractivity contribution in [3.05, 3.63) is 0 Å². The lowest BCUT2D eigenvalue weighted by atomic mass is 9.76. The van der Waals surface area contributed by atoms with E-state index < -0.39 is 11.5 Å². The van der Waals surface area contributed by atoms with Crippen molar-refractivity contribution in [3.63, 3.8) is 0 Å². The van der Waals surface area contributed by atoms with Crippen molar-refractivity contribution in [2.75, 3.05) is 0 Å². The Kier molecular flexibility index (Phi) is 5.12. The van der Waals surface area contributed by atoms with E-state index in [4.69, 9.17) is 0 Å². The van der Waals surface area contributed by atoms with Crippen LogP contribution in [-0.2, 0) is 4.79 Å². The highest BCUT2D eigenvalue weighted by molar-refractivity contribution is 5.86. The highest BCUT2D eigenvalue weighted by Gasteiger charge is 2.43. The molecule has 2 aliphatic rings. The number of hydrogen-bond donors (Lipinski definition) is 3. The van der Waals surface area contributed by atoms with Gasteiger partial charge in [0.15, 0.2) is 0 Å². The van der Waals surface area contributed by atoms with Gasteiger partial charge in [0.2, 0.25) is 0 Å². The summed E-state index contributed by atoms with van der Waals surface area (Å²) in [6.07, 6.45) is 7.28. The van der Waals surface area contributed by atoms with Crippen molar-refractivity contribution in [1.82, 2.24) is 10.6 Å².